The van der Waals surface area contributed by atoms with Gasteiger partial charge in [0.2, 0.25) is 0 Å². The topological polar surface area (TPSA) is 46.5 Å². The van der Waals surface area contributed by atoms with Crippen LogP contribution in [0, 0.1) is 5.41 Å². The van der Waals surface area contributed by atoms with E-state index in [1.807, 2.05) is 12.1 Å². The molecule has 1 N–H and O–H groups in total. The molecule has 1 fully saturated rings. The molecule has 2 rings (SSSR count). The average molecular weight is 255 g/mol. The van der Waals surface area contributed by atoms with Crippen LogP contribution in [0.4, 0.5) is 0 Å². The van der Waals surface area contributed by atoms with E-state index >= 15 is 0 Å². The first kappa shape index (κ1) is 12.4. The van der Waals surface area contributed by atoms with Crippen molar-refractivity contribution in [2.75, 3.05) is 13.2 Å². The summed E-state index contributed by atoms with van der Waals surface area (Å²) in [5.74, 6) is -0.809. The number of benzene rings is 1. The lowest BCUT2D eigenvalue weighted by Crippen LogP contribution is -2.59. The van der Waals surface area contributed by atoms with Crippen LogP contribution in [-0.2, 0) is 14.9 Å². The van der Waals surface area contributed by atoms with Gasteiger partial charge in [-0.3, -0.25) is 4.79 Å². The van der Waals surface area contributed by atoms with Crippen molar-refractivity contribution in [2.45, 2.75) is 19.3 Å². The van der Waals surface area contributed by atoms with Gasteiger partial charge in [0.1, 0.15) is 0 Å². The molecule has 0 radical (unpaired) electrons. The van der Waals surface area contributed by atoms with Gasteiger partial charge in [0.15, 0.2) is 0 Å². The molecule has 1 heterocycles. The SMILES string of the molecule is CC(C)(C(=O)O)C1(c2ccc(Cl)cc2)COC1. The summed E-state index contributed by atoms with van der Waals surface area (Å²) in [5.41, 5.74) is -0.344. The molecule has 0 atom stereocenters. The monoisotopic (exact) mass is 254 g/mol. The number of hydrogen-bond donors (Lipinski definition) is 1. The Bertz CT molecular complexity index is 432. The Balaban J connectivity index is 2.45. The van der Waals surface area contributed by atoms with Gasteiger partial charge in [-0.1, -0.05) is 23.7 Å². The molecular formula is C13H15ClO3. The van der Waals surface area contributed by atoms with E-state index in [0.717, 1.165) is 5.56 Å². The normalized spacial score (nSPS) is 18.5. The zero-order valence-corrected chi connectivity index (χ0v) is 10.6. The lowest BCUT2D eigenvalue weighted by atomic mass is 9.60. The first-order valence-corrected chi connectivity index (χ1v) is 5.85. The van der Waals surface area contributed by atoms with Crippen LogP contribution in [0.15, 0.2) is 24.3 Å². The van der Waals surface area contributed by atoms with Crippen molar-refractivity contribution in [1.82, 2.24) is 0 Å². The summed E-state index contributed by atoms with van der Waals surface area (Å²) >= 11 is 5.85. The van der Waals surface area contributed by atoms with Crippen molar-refractivity contribution in [1.29, 1.82) is 0 Å². The summed E-state index contributed by atoms with van der Waals surface area (Å²) in [4.78, 5) is 11.4. The van der Waals surface area contributed by atoms with Crippen molar-refractivity contribution in [2.24, 2.45) is 5.41 Å². The fraction of sp³-hybridized carbons (Fsp3) is 0.462. The van der Waals surface area contributed by atoms with Crippen LogP contribution in [0.25, 0.3) is 0 Å². The van der Waals surface area contributed by atoms with Gasteiger partial charge in [-0.2, -0.15) is 0 Å². The van der Waals surface area contributed by atoms with Crippen molar-refractivity contribution in [3.63, 3.8) is 0 Å². The van der Waals surface area contributed by atoms with Crippen molar-refractivity contribution >= 4 is 17.6 Å². The second kappa shape index (κ2) is 4.00. The predicted octanol–water partition coefficient (Wildman–Crippen LogP) is 2.72. The number of aliphatic carboxylic acids is 1. The fourth-order valence-corrected chi connectivity index (χ4v) is 2.29. The number of carboxylic acid groups (broad SMARTS) is 1. The third-order valence-corrected chi connectivity index (χ3v) is 4.08. The van der Waals surface area contributed by atoms with Crippen LogP contribution in [0.2, 0.25) is 5.02 Å². The Morgan fingerprint density at radius 3 is 2.24 bits per heavy atom. The van der Waals surface area contributed by atoms with E-state index in [1.54, 1.807) is 26.0 Å². The minimum absolute atomic E-state index is 0.438. The van der Waals surface area contributed by atoms with Gasteiger partial charge in [0.05, 0.1) is 24.0 Å². The van der Waals surface area contributed by atoms with Gasteiger partial charge in [-0.15, -0.1) is 0 Å². The Morgan fingerprint density at radius 1 is 1.35 bits per heavy atom. The van der Waals surface area contributed by atoms with Gasteiger partial charge in [-0.25, -0.2) is 0 Å². The van der Waals surface area contributed by atoms with Crippen LogP contribution in [-0.4, -0.2) is 24.3 Å². The minimum atomic E-state index is -0.862. The van der Waals surface area contributed by atoms with Crippen molar-refractivity contribution in [3.8, 4) is 0 Å². The van der Waals surface area contributed by atoms with E-state index in [-0.39, 0.29) is 0 Å². The first-order chi connectivity index (χ1) is 7.90. The Hall–Kier alpha value is -1.06. The maximum atomic E-state index is 11.4. The maximum Gasteiger partial charge on any atom is 0.310 e. The summed E-state index contributed by atoms with van der Waals surface area (Å²) < 4.78 is 5.26. The lowest BCUT2D eigenvalue weighted by molar-refractivity contribution is -0.171. The van der Waals surface area contributed by atoms with Gasteiger partial charge in [0, 0.05) is 5.02 Å². The summed E-state index contributed by atoms with van der Waals surface area (Å²) in [6.07, 6.45) is 0. The second-order valence-electron chi connectivity index (χ2n) is 5.01. The highest BCUT2D eigenvalue weighted by Gasteiger charge is 2.56. The molecule has 92 valence electrons. The first-order valence-electron chi connectivity index (χ1n) is 5.47. The van der Waals surface area contributed by atoms with Gasteiger partial charge >= 0.3 is 5.97 Å². The fourth-order valence-electron chi connectivity index (χ4n) is 2.17. The number of carboxylic acids is 1. The molecule has 3 nitrogen and oxygen atoms in total. The van der Waals surface area contributed by atoms with E-state index in [0.29, 0.717) is 18.2 Å². The molecule has 0 bridgehead atoms. The van der Waals surface area contributed by atoms with E-state index in [9.17, 15) is 9.90 Å². The van der Waals surface area contributed by atoms with Crippen molar-refractivity contribution < 1.29 is 14.6 Å². The number of ether oxygens (including phenoxy) is 1. The molecule has 17 heavy (non-hydrogen) atoms. The number of hydrogen-bond acceptors (Lipinski definition) is 2. The van der Waals surface area contributed by atoms with Crippen LogP contribution < -0.4 is 0 Å². The lowest BCUT2D eigenvalue weighted by Gasteiger charge is -2.50. The minimum Gasteiger partial charge on any atom is -0.481 e. The van der Waals surface area contributed by atoms with E-state index in [2.05, 4.69) is 0 Å². The molecule has 0 spiro atoms. The summed E-state index contributed by atoms with van der Waals surface area (Å²) in [6, 6.07) is 7.34. The zero-order chi connectivity index (χ0) is 12.7. The summed E-state index contributed by atoms with van der Waals surface area (Å²) in [6.45, 7) is 4.36. The number of carbonyl (C=O) groups is 1. The molecule has 0 aromatic heterocycles. The number of halogens is 1. The molecule has 1 aromatic carbocycles. The highest BCUT2D eigenvalue weighted by Crippen LogP contribution is 2.47. The van der Waals surface area contributed by atoms with Crippen molar-refractivity contribution in [3.05, 3.63) is 34.9 Å². The molecule has 0 unspecified atom stereocenters. The quantitative estimate of drug-likeness (QED) is 0.902. The predicted molar refractivity (Wildman–Crippen MR) is 65.4 cm³/mol. The molecule has 1 aliphatic rings. The molecule has 1 aliphatic heterocycles. The van der Waals surface area contributed by atoms with E-state index in [1.165, 1.54) is 0 Å². The standard InChI is InChI=1S/C13H15ClO3/c1-12(2,11(15)16)13(7-17-8-13)9-3-5-10(14)6-4-9/h3-6H,7-8H2,1-2H3,(H,15,16). The summed E-state index contributed by atoms with van der Waals surface area (Å²) in [5, 5.41) is 10.0. The Morgan fingerprint density at radius 2 is 1.88 bits per heavy atom. The highest BCUT2D eigenvalue weighted by molar-refractivity contribution is 6.30. The van der Waals surface area contributed by atoms with E-state index < -0.39 is 16.8 Å². The Kier molecular flexibility index (Phi) is 2.92. The third-order valence-electron chi connectivity index (χ3n) is 3.82. The molecular weight excluding hydrogens is 240 g/mol. The number of rotatable bonds is 3. The van der Waals surface area contributed by atoms with Crippen LogP contribution in [0.3, 0.4) is 0 Å². The largest absolute Gasteiger partial charge is 0.481 e. The molecule has 4 heteroatoms. The van der Waals surface area contributed by atoms with Crippen LogP contribution in [0.1, 0.15) is 19.4 Å². The maximum absolute atomic E-state index is 11.4. The zero-order valence-electron chi connectivity index (χ0n) is 9.87. The molecule has 1 saturated heterocycles. The third kappa shape index (κ3) is 1.74. The summed E-state index contributed by atoms with van der Waals surface area (Å²) in [7, 11) is 0. The average Bonchev–Trinajstić information content (AvgIpc) is 2.18. The molecule has 0 amide bonds. The van der Waals surface area contributed by atoms with Gasteiger partial charge in [0.25, 0.3) is 0 Å². The van der Waals surface area contributed by atoms with E-state index in [4.69, 9.17) is 16.3 Å². The second-order valence-corrected chi connectivity index (χ2v) is 5.45. The van der Waals surface area contributed by atoms with Gasteiger partial charge < -0.3 is 9.84 Å². The van der Waals surface area contributed by atoms with Crippen LogP contribution >= 0.6 is 11.6 Å². The van der Waals surface area contributed by atoms with Gasteiger partial charge in [-0.05, 0) is 31.5 Å². The highest BCUT2D eigenvalue weighted by atomic mass is 35.5. The molecule has 0 aliphatic carbocycles. The van der Waals surface area contributed by atoms with Crippen LogP contribution in [0.5, 0.6) is 0 Å². The Labute approximate surface area is 105 Å². The molecule has 0 saturated carbocycles. The molecule has 1 aromatic rings. The smallest absolute Gasteiger partial charge is 0.310 e.